The minimum atomic E-state index is -1.54. The van der Waals surface area contributed by atoms with Gasteiger partial charge in [-0.2, -0.15) is 0 Å². The molecule has 2 saturated heterocycles. The third kappa shape index (κ3) is 5.15. The van der Waals surface area contributed by atoms with Crippen molar-refractivity contribution in [3.63, 3.8) is 0 Å². The molecule has 10 heteroatoms. The van der Waals surface area contributed by atoms with E-state index in [1.165, 1.54) is 0 Å². The number of hydrogen-bond donors (Lipinski definition) is 4. The Bertz CT molecular complexity index is 963. The van der Waals surface area contributed by atoms with Gasteiger partial charge in [-0.25, -0.2) is 0 Å². The third-order valence-electron chi connectivity index (χ3n) is 5.79. The van der Waals surface area contributed by atoms with Crippen LogP contribution in [0.15, 0.2) is 42.5 Å². The van der Waals surface area contributed by atoms with Crippen molar-refractivity contribution < 1.29 is 39.4 Å². The molecule has 4 N–H and O–H groups in total. The fourth-order valence-electron chi connectivity index (χ4n) is 3.82. The molecule has 2 aromatic carbocycles. The van der Waals surface area contributed by atoms with Crippen LogP contribution in [0.1, 0.15) is 10.4 Å². The minimum Gasteiger partial charge on any atom is -0.460 e. The van der Waals surface area contributed by atoms with Crippen molar-refractivity contribution in [2.24, 2.45) is 0 Å². The highest BCUT2D eigenvalue weighted by Gasteiger charge is 2.44. The lowest BCUT2D eigenvalue weighted by Gasteiger charge is -2.39. The fraction of sp³-hybridized carbons (Fsp3) is 0.435. The first kappa shape index (κ1) is 23.9. The Labute approximate surface area is 195 Å². The van der Waals surface area contributed by atoms with Gasteiger partial charge in [-0.3, -0.25) is 4.79 Å². The average molecular weight is 480 g/mol. The van der Waals surface area contributed by atoms with E-state index in [1.807, 2.05) is 12.1 Å². The lowest BCUT2D eigenvalue weighted by molar-refractivity contribution is -0.277. The molecule has 0 bridgehead atoms. The lowest BCUT2D eigenvalue weighted by Crippen LogP contribution is -2.60. The molecule has 0 saturated carbocycles. The quantitative estimate of drug-likeness (QED) is 0.492. The number of rotatable bonds is 5. The minimum absolute atomic E-state index is 0.0360. The smallest absolute Gasteiger partial charge is 0.254 e. The summed E-state index contributed by atoms with van der Waals surface area (Å²) >= 11 is 6.37. The SMILES string of the molecule is O=C(c1ccc(-c2ccc(O[C@H]3OC(CO)[C@@H](O)C(O)[C@H]3O)c(Cl)c2)cc1)N1CCOCC1. The Balaban J connectivity index is 1.45. The van der Waals surface area contributed by atoms with Crippen molar-refractivity contribution in [2.45, 2.75) is 30.7 Å². The van der Waals surface area contributed by atoms with Crippen molar-refractivity contribution in [2.75, 3.05) is 32.9 Å². The summed E-state index contributed by atoms with van der Waals surface area (Å²) in [5.74, 6) is 0.162. The number of ether oxygens (including phenoxy) is 3. The van der Waals surface area contributed by atoms with Crippen molar-refractivity contribution >= 4 is 17.5 Å². The molecule has 0 aromatic heterocycles. The second-order valence-electron chi connectivity index (χ2n) is 7.94. The molecular formula is C23H26ClNO8. The molecule has 2 aromatic rings. The number of halogens is 1. The predicted molar refractivity (Wildman–Crippen MR) is 118 cm³/mol. The molecule has 178 valence electrons. The van der Waals surface area contributed by atoms with E-state index in [0.29, 0.717) is 31.9 Å². The van der Waals surface area contributed by atoms with E-state index in [4.69, 9.17) is 25.8 Å². The molecule has 2 aliphatic heterocycles. The number of amides is 1. The molecule has 2 heterocycles. The summed E-state index contributed by atoms with van der Waals surface area (Å²) in [6.45, 7) is 1.68. The van der Waals surface area contributed by atoms with Crippen LogP contribution >= 0.6 is 11.6 Å². The third-order valence-corrected chi connectivity index (χ3v) is 6.08. The molecule has 2 aliphatic rings. The van der Waals surface area contributed by atoms with Gasteiger partial charge < -0.3 is 39.5 Å². The molecule has 2 fully saturated rings. The number of carbonyl (C=O) groups excluding carboxylic acids is 1. The lowest BCUT2D eigenvalue weighted by atomic mass is 9.99. The summed E-state index contributed by atoms with van der Waals surface area (Å²) in [5.41, 5.74) is 2.22. The second-order valence-corrected chi connectivity index (χ2v) is 8.35. The average Bonchev–Trinajstić information content (AvgIpc) is 2.85. The van der Waals surface area contributed by atoms with Crippen molar-refractivity contribution in [1.29, 1.82) is 0 Å². The van der Waals surface area contributed by atoms with Gasteiger partial charge in [-0.15, -0.1) is 0 Å². The molecule has 0 spiro atoms. The molecule has 1 amide bonds. The Morgan fingerprint density at radius 2 is 1.67 bits per heavy atom. The molecule has 5 atom stereocenters. The van der Waals surface area contributed by atoms with Crippen LogP contribution in [0.3, 0.4) is 0 Å². The van der Waals surface area contributed by atoms with Gasteiger partial charge in [-0.05, 0) is 35.4 Å². The first-order valence-corrected chi connectivity index (χ1v) is 11.0. The highest BCUT2D eigenvalue weighted by Crippen LogP contribution is 2.33. The highest BCUT2D eigenvalue weighted by molar-refractivity contribution is 6.32. The summed E-state index contributed by atoms with van der Waals surface area (Å²) in [5, 5.41) is 39.5. The molecule has 0 aliphatic carbocycles. The highest BCUT2D eigenvalue weighted by atomic mass is 35.5. The van der Waals surface area contributed by atoms with Crippen LogP contribution in [0.2, 0.25) is 5.02 Å². The first-order chi connectivity index (χ1) is 15.9. The van der Waals surface area contributed by atoms with E-state index >= 15 is 0 Å². The van der Waals surface area contributed by atoms with E-state index in [2.05, 4.69) is 0 Å². The van der Waals surface area contributed by atoms with E-state index in [-0.39, 0.29) is 16.7 Å². The molecule has 0 radical (unpaired) electrons. The van der Waals surface area contributed by atoms with Gasteiger partial charge in [0, 0.05) is 18.7 Å². The van der Waals surface area contributed by atoms with Crippen LogP contribution in [-0.2, 0) is 9.47 Å². The number of aliphatic hydroxyl groups excluding tert-OH is 4. The van der Waals surface area contributed by atoms with Gasteiger partial charge in [-0.1, -0.05) is 29.8 Å². The number of hydrogen-bond acceptors (Lipinski definition) is 8. The molecular weight excluding hydrogens is 454 g/mol. The van der Waals surface area contributed by atoms with E-state index < -0.39 is 37.3 Å². The van der Waals surface area contributed by atoms with Crippen LogP contribution < -0.4 is 4.74 Å². The van der Waals surface area contributed by atoms with Crippen molar-refractivity contribution in [1.82, 2.24) is 4.90 Å². The largest absolute Gasteiger partial charge is 0.460 e. The maximum Gasteiger partial charge on any atom is 0.254 e. The Hall–Kier alpha value is -2.24. The zero-order valence-corrected chi connectivity index (χ0v) is 18.5. The normalized spacial score (nSPS) is 27.9. The molecule has 2 unspecified atom stereocenters. The number of benzene rings is 2. The standard InChI is InChI=1S/C23H26ClNO8/c24-16-11-15(13-1-3-14(4-2-13)22(30)25-7-9-31-10-8-25)5-6-17(16)32-23-21(29)20(28)19(27)18(12-26)33-23/h1-6,11,18-21,23,26-29H,7-10,12H2/t18?,19-,20?,21-,23+/m1/s1. The fourth-order valence-corrected chi connectivity index (χ4v) is 4.05. The monoisotopic (exact) mass is 479 g/mol. The van der Waals surface area contributed by atoms with Gasteiger partial charge in [0.25, 0.3) is 5.91 Å². The Morgan fingerprint density at radius 1 is 1.00 bits per heavy atom. The van der Waals surface area contributed by atoms with Crippen LogP contribution in [0.25, 0.3) is 11.1 Å². The molecule has 4 rings (SSSR count). The summed E-state index contributed by atoms with van der Waals surface area (Å²) in [4.78, 5) is 14.4. The van der Waals surface area contributed by atoms with Crippen LogP contribution in [0.4, 0.5) is 0 Å². The zero-order valence-electron chi connectivity index (χ0n) is 17.7. The maximum absolute atomic E-state index is 12.6. The summed E-state index contributed by atoms with van der Waals surface area (Å²) in [7, 11) is 0. The summed E-state index contributed by atoms with van der Waals surface area (Å²) in [6.07, 6.45) is -6.95. The van der Waals surface area contributed by atoms with Gasteiger partial charge >= 0.3 is 0 Å². The van der Waals surface area contributed by atoms with Crippen LogP contribution in [-0.4, -0.2) is 94.8 Å². The van der Waals surface area contributed by atoms with Crippen molar-refractivity contribution in [3.8, 4) is 16.9 Å². The van der Waals surface area contributed by atoms with Gasteiger partial charge in [0.1, 0.15) is 30.2 Å². The number of nitrogens with zero attached hydrogens (tertiary/aromatic N) is 1. The summed E-state index contributed by atoms with van der Waals surface area (Å²) in [6, 6.07) is 12.2. The van der Waals surface area contributed by atoms with Gasteiger partial charge in [0.15, 0.2) is 0 Å². The molecule has 33 heavy (non-hydrogen) atoms. The topological polar surface area (TPSA) is 129 Å². The zero-order chi connectivity index (χ0) is 23.5. The van der Waals surface area contributed by atoms with E-state index in [1.54, 1.807) is 35.2 Å². The van der Waals surface area contributed by atoms with Gasteiger partial charge in [0.2, 0.25) is 6.29 Å². The maximum atomic E-state index is 12.6. The van der Waals surface area contributed by atoms with E-state index in [0.717, 1.165) is 11.1 Å². The second kappa shape index (κ2) is 10.4. The van der Waals surface area contributed by atoms with Crippen molar-refractivity contribution in [3.05, 3.63) is 53.1 Å². The predicted octanol–water partition coefficient (Wildman–Crippen LogP) is 0.658. The number of morpholine rings is 1. The van der Waals surface area contributed by atoms with Gasteiger partial charge in [0.05, 0.1) is 24.8 Å². The Kier molecular flexibility index (Phi) is 7.50. The Morgan fingerprint density at radius 3 is 2.30 bits per heavy atom. The molecule has 9 nitrogen and oxygen atoms in total. The van der Waals surface area contributed by atoms with E-state index in [9.17, 15) is 25.2 Å². The van der Waals surface area contributed by atoms with Crippen LogP contribution in [0, 0.1) is 0 Å². The number of carbonyl (C=O) groups is 1. The first-order valence-electron chi connectivity index (χ1n) is 10.6. The number of aliphatic hydroxyl groups is 4. The van der Waals surface area contributed by atoms with Crippen LogP contribution in [0.5, 0.6) is 5.75 Å². The summed E-state index contributed by atoms with van der Waals surface area (Å²) < 4.78 is 16.3.